The van der Waals surface area contributed by atoms with E-state index in [4.69, 9.17) is 0 Å². The summed E-state index contributed by atoms with van der Waals surface area (Å²) in [5, 5.41) is 4.19. The van der Waals surface area contributed by atoms with E-state index in [0.717, 1.165) is 25.4 Å². The minimum atomic E-state index is 0.0533. The van der Waals surface area contributed by atoms with E-state index in [2.05, 4.69) is 12.0 Å². The number of carbonyl (C=O) groups excluding carboxylic acids is 1. The fourth-order valence-corrected chi connectivity index (χ4v) is 2.45. The van der Waals surface area contributed by atoms with E-state index in [-0.39, 0.29) is 11.2 Å². The Labute approximate surface area is 107 Å². The second kappa shape index (κ2) is 7.37. The summed E-state index contributed by atoms with van der Waals surface area (Å²) >= 11 is 1.69. The summed E-state index contributed by atoms with van der Waals surface area (Å²) in [6, 6.07) is 1.90. The highest BCUT2D eigenvalue weighted by Crippen LogP contribution is 2.12. The van der Waals surface area contributed by atoms with Gasteiger partial charge in [-0.3, -0.25) is 9.48 Å². The monoisotopic (exact) mass is 255 g/mol. The van der Waals surface area contributed by atoms with Crippen LogP contribution in [0.4, 0.5) is 0 Å². The molecule has 1 amide bonds. The number of nitrogens with zero attached hydrogens (tertiary/aromatic N) is 3. The van der Waals surface area contributed by atoms with Crippen LogP contribution < -0.4 is 0 Å². The number of rotatable bonds is 7. The maximum absolute atomic E-state index is 12.1. The van der Waals surface area contributed by atoms with Crippen LogP contribution in [0.25, 0.3) is 0 Å². The van der Waals surface area contributed by atoms with E-state index in [1.54, 1.807) is 18.0 Å². The average molecular weight is 255 g/mol. The summed E-state index contributed by atoms with van der Waals surface area (Å²) in [4.78, 5) is 14.0. The number of carbonyl (C=O) groups is 1. The summed E-state index contributed by atoms with van der Waals surface area (Å²) in [5.74, 6) is 1.20. The van der Waals surface area contributed by atoms with Gasteiger partial charge in [0.25, 0.3) is 0 Å². The molecule has 1 rings (SSSR count). The molecule has 0 aliphatic carbocycles. The van der Waals surface area contributed by atoms with Crippen LogP contribution in [0.5, 0.6) is 0 Å². The van der Waals surface area contributed by atoms with Crippen LogP contribution in [0.1, 0.15) is 20.8 Å². The minimum Gasteiger partial charge on any atom is -0.340 e. The fraction of sp³-hybridized carbons (Fsp3) is 0.667. The third kappa shape index (κ3) is 4.42. The van der Waals surface area contributed by atoms with E-state index >= 15 is 0 Å². The lowest BCUT2D eigenvalue weighted by Gasteiger charge is -2.24. The van der Waals surface area contributed by atoms with Gasteiger partial charge in [-0.25, -0.2) is 0 Å². The van der Waals surface area contributed by atoms with Gasteiger partial charge in [-0.15, -0.1) is 11.8 Å². The zero-order chi connectivity index (χ0) is 12.7. The van der Waals surface area contributed by atoms with Crippen molar-refractivity contribution in [2.24, 2.45) is 0 Å². The molecule has 0 radical (unpaired) electrons. The third-order valence-corrected chi connectivity index (χ3v) is 3.65. The first kappa shape index (κ1) is 14.1. The molecule has 0 aromatic carbocycles. The van der Waals surface area contributed by atoms with E-state index in [0.29, 0.717) is 0 Å². The average Bonchev–Trinajstić information content (AvgIpc) is 2.83. The molecule has 96 valence electrons. The van der Waals surface area contributed by atoms with Crippen molar-refractivity contribution in [3.63, 3.8) is 0 Å². The van der Waals surface area contributed by atoms with Gasteiger partial charge in [0.2, 0.25) is 5.91 Å². The molecule has 1 unspecified atom stereocenters. The highest BCUT2D eigenvalue weighted by atomic mass is 32.2. The second-order valence-corrected chi connectivity index (χ2v) is 5.40. The Bertz CT molecular complexity index is 327. The lowest BCUT2D eigenvalue weighted by atomic mass is 10.3. The van der Waals surface area contributed by atoms with Crippen molar-refractivity contribution in [3.05, 3.63) is 18.5 Å². The Morgan fingerprint density at radius 1 is 1.53 bits per heavy atom. The van der Waals surface area contributed by atoms with Gasteiger partial charge < -0.3 is 4.90 Å². The zero-order valence-electron chi connectivity index (χ0n) is 10.8. The molecule has 1 atom stereocenters. The first-order chi connectivity index (χ1) is 8.19. The molecule has 0 aliphatic heterocycles. The number of hydrogen-bond acceptors (Lipinski definition) is 3. The second-order valence-electron chi connectivity index (χ2n) is 3.78. The molecular weight excluding hydrogens is 234 g/mol. The molecule has 0 saturated heterocycles. The van der Waals surface area contributed by atoms with Crippen molar-refractivity contribution in [3.8, 4) is 0 Å². The highest BCUT2D eigenvalue weighted by molar-refractivity contribution is 8.00. The smallest absolute Gasteiger partial charge is 0.235 e. The number of likely N-dealkylation sites (N-methyl/N-ethyl adjacent to an activating group) is 1. The Hall–Kier alpha value is -0.970. The zero-order valence-corrected chi connectivity index (χ0v) is 11.6. The van der Waals surface area contributed by atoms with E-state index in [1.165, 1.54) is 0 Å². The largest absolute Gasteiger partial charge is 0.340 e. The quantitative estimate of drug-likeness (QED) is 0.746. The van der Waals surface area contributed by atoms with Gasteiger partial charge in [-0.05, 0) is 25.7 Å². The van der Waals surface area contributed by atoms with E-state index in [9.17, 15) is 4.79 Å². The summed E-state index contributed by atoms with van der Waals surface area (Å²) in [7, 11) is 0. The highest BCUT2D eigenvalue weighted by Gasteiger charge is 2.18. The predicted molar refractivity (Wildman–Crippen MR) is 72.1 cm³/mol. The molecule has 0 N–H and O–H groups in total. The van der Waals surface area contributed by atoms with Crippen molar-refractivity contribution in [1.82, 2.24) is 14.7 Å². The Balaban J connectivity index is 2.44. The van der Waals surface area contributed by atoms with Crippen LogP contribution in [0.2, 0.25) is 0 Å². The molecule has 0 fully saturated rings. The van der Waals surface area contributed by atoms with Crippen molar-refractivity contribution >= 4 is 17.7 Å². The fourth-order valence-electron chi connectivity index (χ4n) is 1.66. The van der Waals surface area contributed by atoms with Crippen molar-refractivity contribution in [1.29, 1.82) is 0 Å². The first-order valence-electron chi connectivity index (χ1n) is 6.06. The van der Waals surface area contributed by atoms with Gasteiger partial charge in [-0.2, -0.15) is 5.10 Å². The summed E-state index contributed by atoms with van der Waals surface area (Å²) in [5.41, 5.74) is 0. The minimum absolute atomic E-state index is 0.0533. The maximum atomic E-state index is 12.1. The summed E-state index contributed by atoms with van der Waals surface area (Å²) in [6.07, 6.45) is 3.68. The maximum Gasteiger partial charge on any atom is 0.235 e. The van der Waals surface area contributed by atoms with Crippen LogP contribution >= 0.6 is 11.8 Å². The molecule has 0 bridgehead atoms. The van der Waals surface area contributed by atoms with Gasteiger partial charge in [0.15, 0.2) is 0 Å². The topological polar surface area (TPSA) is 38.1 Å². The van der Waals surface area contributed by atoms with Crippen LogP contribution in [0, 0.1) is 0 Å². The molecule has 0 aliphatic rings. The number of aromatic nitrogens is 2. The summed E-state index contributed by atoms with van der Waals surface area (Å²) < 4.78 is 1.85. The molecule has 1 heterocycles. The van der Waals surface area contributed by atoms with Crippen LogP contribution in [0.15, 0.2) is 18.5 Å². The Morgan fingerprint density at radius 3 is 2.82 bits per heavy atom. The standard InChI is InChI=1S/C12H21N3OS/c1-4-14(12(16)11(3)17-5-2)9-10-15-8-6-7-13-15/h6-8,11H,4-5,9-10H2,1-3H3. The Kier molecular flexibility index (Phi) is 6.11. The third-order valence-electron chi connectivity index (χ3n) is 2.62. The Morgan fingerprint density at radius 2 is 2.29 bits per heavy atom. The van der Waals surface area contributed by atoms with E-state index < -0.39 is 0 Å². The van der Waals surface area contributed by atoms with Crippen molar-refractivity contribution in [2.75, 3.05) is 18.8 Å². The molecule has 1 aromatic heterocycles. The lowest BCUT2D eigenvalue weighted by Crippen LogP contribution is -2.38. The number of thioether (sulfide) groups is 1. The first-order valence-corrected chi connectivity index (χ1v) is 7.11. The number of hydrogen-bond donors (Lipinski definition) is 0. The molecule has 1 aromatic rings. The van der Waals surface area contributed by atoms with Crippen molar-refractivity contribution in [2.45, 2.75) is 32.6 Å². The molecule has 17 heavy (non-hydrogen) atoms. The molecule has 5 heteroatoms. The van der Waals surface area contributed by atoms with Gasteiger partial charge >= 0.3 is 0 Å². The van der Waals surface area contributed by atoms with Crippen LogP contribution in [-0.4, -0.2) is 44.7 Å². The van der Waals surface area contributed by atoms with E-state index in [1.807, 2.05) is 35.7 Å². The van der Waals surface area contributed by atoms with Gasteiger partial charge in [-0.1, -0.05) is 6.92 Å². The molecule has 4 nitrogen and oxygen atoms in total. The molecule has 0 spiro atoms. The SMILES string of the molecule is CCSC(C)C(=O)N(CC)CCn1cccn1. The predicted octanol–water partition coefficient (Wildman–Crippen LogP) is 1.87. The molecule has 0 saturated carbocycles. The van der Waals surface area contributed by atoms with Gasteiger partial charge in [0.05, 0.1) is 11.8 Å². The van der Waals surface area contributed by atoms with Gasteiger partial charge in [0.1, 0.15) is 0 Å². The summed E-state index contributed by atoms with van der Waals surface area (Å²) in [6.45, 7) is 8.32. The van der Waals surface area contributed by atoms with Crippen LogP contribution in [0.3, 0.4) is 0 Å². The molecular formula is C12H21N3OS. The van der Waals surface area contributed by atoms with Crippen LogP contribution in [-0.2, 0) is 11.3 Å². The number of amides is 1. The van der Waals surface area contributed by atoms with Gasteiger partial charge in [0, 0.05) is 25.5 Å². The lowest BCUT2D eigenvalue weighted by molar-refractivity contribution is -0.130. The normalized spacial score (nSPS) is 12.4. The van der Waals surface area contributed by atoms with Crippen molar-refractivity contribution < 1.29 is 4.79 Å².